The second-order valence-corrected chi connectivity index (χ2v) is 8.10. The van der Waals surface area contributed by atoms with Gasteiger partial charge < -0.3 is 24.0 Å². The van der Waals surface area contributed by atoms with Crippen molar-refractivity contribution in [3.05, 3.63) is 48.0 Å². The number of hydrogen-bond acceptors (Lipinski definition) is 7. The zero-order valence-corrected chi connectivity index (χ0v) is 17.4. The van der Waals surface area contributed by atoms with Gasteiger partial charge in [-0.1, -0.05) is 17.4 Å². The average Bonchev–Trinajstić information content (AvgIpc) is 3.43. The molecule has 1 aromatic heterocycles. The van der Waals surface area contributed by atoms with Crippen LogP contribution < -0.4 is 19.1 Å². The summed E-state index contributed by atoms with van der Waals surface area (Å²) in [7, 11) is 1.67. The summed E-state index contributed by atoms with van der Waals surface area (Å²) >= 11 is 1.66. The number of aromatic nitrogens is 1. The topological polar surface area (TPSA) is 64.1 Å². The fourth-order valence-electron chi connectivity index (χ4n) is 3.56. The molecule has 0 saturated carbocycles. The standard InChI is InChI=1S/C22H21N3O4S/c1-27-16-4-5-17-20(13-16)30-22(23-17)25-10-8-24(9-11-25)21(26)7-3-15-2-6-18-19(12-15)29-14-28-18/h2-7,12-13H,8-11,14H2,1H3/b7-3-. The van der Waals surface area contributed by atoms with Crippen LogP contribution in [0.1, 0.15) is 5.56 Å². The van der Waals surface area contributed by atoms with E-state index >= 15 is 0 Å². The fourth-order valence-corrected chi connectivity index (χ4v) is 4.61. The molecule has 1 amide bonds. The van der Waals surface area contributed by atoms with Crippen LogP contribution in [0.2, 0.25) is 0 Å². The minimum Gasteiger partial charge on any atom is -0.497 e. The first-order valence-corrected chi connectivity index (χ1v) is 10.6. The molecule has 1 fully saturated rings. The Labute approximate surface area is 178 Å². The van der Waals surface area contributed by atoms with E-state index in [1.807, 2.05) is 47.4 Å². The number of thiazole rings is 1. The average molecular weight is 423 g/mol. The zero-order valence-electron chi connectivity index (χ0n) is 16.5. The number of anilines is 1. The van der Waals surface area contributed by atoms with Gasteiger partial charge in [0.25, 0.3) is 0 Å². The molecule has 0 N–H and O–H groups in total. The van der Waals surface area contributed by atoms with Crippen LogP contribution in [0.5, 0.6) is 17.2 Å². The van der Waals surface area contributed by atoms with E-state index in [2.05, 4.69) is 4.90 Å². The van der Waals surface area contributed by atoms with Gasteiger partial charge in [0.1, 0.15) is 5.75 Å². The van der Waals surface area contributed by atoms with Crippen LogP contribution in [0.25, 0.3) is 16.3 Å². The molecule has 3 aromatic rings. The molecular formula is C22H21N3O4S. The summed E-state index contributed by atoms with van der Waals surface area (Å²) in [6.45, 7) is 3.11. The minimum atomic E-state index is 0.0151. The molecule has 2 aromatic carbocycles. The highest BCUT2D eigenvalue weighted by Gasteiger charge is 2.22. The molecule has 0 unspecified atom stereocenters. The lowest BCUT2D eigenvalue weighted by atomic mass is 10.2. The lowest BCUT2D eigenvalue weighted by molar-refractivity contribution is -0.126. The summed E-state index contributed by atoms with van der Waals surface area (Å²) < 4.78 is 17.1. The number of carbonyl (C=O) groups excluding carboxylic acids is 1. The van der Waals surface area contributed by atoms with Gasteiger partial charge in [0, 0.05) is 32.3 Å². The molecular weight excluding hydrogens is 402 g/mol. The number of carbonyl (C=O) groups is 1. The molecule has 0 aliphatic carbocycles. The van der Waals surface area contributed by atoms with E-state index in [0.29, 0.717) is 18.8 Å². The Kier molecular flexibility index (Phi) is 4.92. The molecule has 0 spiro atoms. The van der Waals surface area contributed by atoms with Crippen molar-refractivity contribution in [2.75, 3.05) is 45.0 Å². The second kappa shape index (κ2) is 7.87. The van der Waals surface area contributed by atoms with Gasteiger partial charge in [-0.3, -0.25) is 4.79 Å². The van der Waals surface area contributed by atoms with Crippen molar-refractivity contribution in [1.82, 2.24) is 9.88 Å². The maximum absolute atomic E-state index is 12.6. The molecule has 1 saturated heterocycles. The van der Waals surface area contributed by atoms with Gasteiger partial charge in [-0.05, 0) is 42.0 Å². The summed E-state index contributed by atoms with van der Waals surface area (Å²) in [5.74, 6) is 2.30. The van der Waals surface area contributed by atoms with E-state index in [9.17, 15) is 4.79 Å². The SMILES string of the molecule is COc1ccc2nc(N3CCN(C(=O)/C=C\c4ccc5c(c4)OCO5)CC3)sc2c1. The molecule has 7 nitrogen and oxygen atoms in total. The number of rotatable bonds is 4. The van der Waals surface area contributed by atoms with Crippen molar-refractivity contribution in [1.29, 1.82) is 0 Å². The van der Waals surface area contributed by atoms with Crippen LogP contribution in [0.3, 0.4) is 0 Å². The van der Waals surface area contributed by atoms with Crippen LogP contribution in [0.15, 0.2) is 42.5 Å². The van der Waals surface area contributed by atoms with Gasteiger partial charge in [0.2, 0.25) is 12.7 Å². The van der Waals surface area contributed by atoms with Crippen LogP contribution >= 0.6 is 11.3 Å². The molecule has 2 aliphatic rings. The van der Waals surface area contributed by atoms with Gasteiger partial charge in [-0.25, -0.2) is 4.98 Å². The van der Waals surface area contributed by atoms with Crippen LogP contribution in [0.4, 0.5) is 5.13 Å². The Hall–Kier alpha value is -3.26. The van der Waals surface area contributed by atoms with E-state index in [0.717, 1.165) is 45.5 Å². The van der Waals surface area contributed by atoms with Crippen LogP contribution in [-0.4, -0.2) is 55.9 Å². The molecule has 0 radical (unpaired) electrons. The number of methoxy groups -OCH3 is 1. The Morgan fingerprint density at radius 3 is 2.77 bits per heavy atom. The summed E-state index contributed by atoms with van der Waals surface area (Å²) in [6, 6.07) is 11.6. The first-order chi connectivity index (χ1) is 14.7. The number of fused-ring (bicyclic) bond motifs is 2. The highest BCUT2D eigenvalue weighted by atomic mass is 32.1. The van der Waals surface area contributed by atoms with Crippen molar-refractivity contribution >= 4 is 38.7 Å². The maximum Gasteiger partial charge on any atom is 0.246 e. The van der Waals surface area contributed by atoms with Crippen molar-refractivity contribution < 1.29 is 19.0 Å². The predicted molar refractivity (Wildman–Crippen MR) is 117 cm³/mol. The molecule has 8 heteroatoms. The van der Waals surface area contributed by atoms with Gasteiger partial charge in [0.05, 0.1) is 17.3 Å². The second-order valence-electron chi connectivity index (χ2n) is 7.09. The molecule has 2 aliphatic heterocycles. The van der Waals surface area contributed by atoms with Crippen molar-refractivity contribution in [2.24, 2.45) is 0 Å². The number of ether oxygens (including phenoxy) is 3. The third kappa shape index (κ3) is 3.66. The number of hydrogen-bond donors (Lipinski definition) is 0. The maximum atomic E-state index is 12.6. The number of nitrogens with zero attached hydrogens (tertiary/aromatic N) is 3. The van der Waals surface area contributed by atoms with E-state index in [-0.39, 0.29) is 12.7 Å². The van der Waals surface area contributed by atoms with Crippen LogP contribution in [0, 0.1) is 0 Å². The van der Waals surface area contributed by atoms with Gasteiger partial charge in [-0.2, -0.15) is 0 Å². The van der Waals surface area contributed by atoms with Crippen LogP contribution in [-0.2, 0) is 4.79 Å². The molecule has 154 valence electrons. The fraction of sp³-hybridized carbons (Fsp3) is 0.273. The highest BCUT2D eigenvalue weighted by molar-refractivity contribution is 7.22. The van der Waals surface area contributed by atoms with Crippen molar-refractivity contribution in [3.8, 4) is 17.2 Å². The monoisotopic (exact) mass is 423 g/mol. The Morgan fingerprint density at radius 2 is 1.93 bits per heavy atom. The third-order valence-electron chi connectivity index (χ3n) is 5.26. The minimum absolute atomic E-state index is 0.0151. The summed E-state index contributed by atoms with van der Waals surface area (Å²) in [4.78, 5) is 21.4. The zero-order chi connectivity index (χ0) is 20.5. The first kappa shape index (κ1) is 18.7. The number of piperazine rings is 1. The van der Waals surface area contributed by atoms with E-state index in [1.54, 1.807) is 24.5 Å². The van der Waals surface area contributed by atoms with Crippen molar-refractivity contribution in [2.45, 2.75) is 0 Å². The van der Waals surface area contributed by atoms with E-state index in [4.69, 9.17) is 19.2 Å². The Morgan fingerprint density at radius 1 is 1.10 bits per heavy atom. The quantitative estimate of drug-likeness (QED) is 0.600. The molecule has 0 bridgehead atoms. The van der Waals surface area contributed by atoms with E-state index in [1.165, 1.54) is 0 Å². The molecule has 30 heavy (non-hydrogen) atoms. The molecule has 5 rings (SSSR count). The molecule has 3 heterocycles. The van der Waals surface area contributed by atoms with Gasteiger partial charge >= 0.3 is 0 Å². The lowest BCUT2D eigenvalue weighted by Gasteiger charge is -2.34. The van der Waals surface area contributed by atoms with Gasteiger partial charge in [0.15, 0.2) is 16.6 Å². The predicted octanol–water partition coefficient (Wildman–Crippen LogP) is 3.40. The highest BCUT2D eigenvalue weighted by Crippen LogP contribution is 2.33. The van der Waals surface area contributed by atoms with Gasteiger partial charge in [-0.15, -0.1) is 0 Å². The summed E-state index contributed by atoms with van der Waals surface area (Å²) in [5, 5.41) is 0.987. The Balaban J connectivity index is 1.20. The lowest BCUT2D eigenvalue weighted by Crippen LogP contribution is -2.48. The number of amides is 1. The smallest absolute Gasteiger partial charge is 0.246 e. The Bertz CT molecular complexity index is 1120. The first-order valence-electron chi connectivity index (χ1n) is 9.76. The third-order valence-corrected chi connectivity index (χ3v) is 6.34. The van der Waals surface area contributed by atoms with Crippen molar-refractivity contribution in [3.63, 3.8) is 0 Å². The summed E-state index contributed by atoms with van der Waals surface area (Å²) in [6.07, 6.45) is 3.44. The summed E-state index contributed by atoms with van der Waals surface area (Å²) in [5.41, 5.74) is 1.89. The normalized spacial score (nSPS) is 15.9. The van der Waals surface area contributed by atoms with E-state index < -0.39 is 0 Å². The number of benzene rings is 2. The molecule has 0 atom stereocenters. The largest absolute Gasteiger partial charge is 0.497 e.